The van der Waals surface area contributed by atoms with Gasteiger partial charge in [-0.05, 0) is 42.2 Å². The summed E-state index contributed by atoms with van der Waals surface area (Å²) in [5.74, 6) is 1.26. The van der Waals surface area contributed by atoms with E-state index in [1.807, 2.05) is 36.4 Å². The van der Waals surface area contributed by atoms with E-state index < -0.39 is 0 Å². The summed E-state index contributed by atoms with van der Waals surface area (Å²) < 4.78 is 4.04. The van der Waals surface area contributed by atoms with Gasteiger partial charge in [-0.15, -0.1) is 22.7 Å². The second kappa shape index (κ2) is 8.05. The van der Waals surface area contributed by atoms with E-state index in [1.54, 1.807) is 34.4 Å². The molecule has 0 fully saturated rings. The van der Waals surface area contributed by atoms with Gasteiger partial charge in [-0.3, -0.25) is 4.79 Å². The van der Waals surface area contributed by atoms with Crippen molar-refractivity contribution in [2.75, 3.05) is 22.6 Å². The normalized spacial score (nSPS) is 11.3. The fraction of sp³-hybridized carbons (Fsp3) is 0.167. The largest absolute Gasteiger partial charge is 0.399 e. The number of aromatic nitrogens is 2. The molecule has 2 aromatic heterocycles. The first-order valence-electron chi connectivity index (χ1n) is 8.23. The summed E-state index contributed by atoms with van der Waals surface area (Å²) in [6.45, 7) is 2.11. The predicted octanol–water partition coefficient (Wildman–Crippen LogP) is 5.33. The van der Waals surface area contributed by atoms with Crippen LogP contribution in [0, 0.1) is 0 Å². The molecule has 9 heteroatoms. The number of nitrogen functional groups attached to an aromatic ring is 1. The number of amides is 1. The monoisotopic (exact) mass is 432 g/mol. The van der Waals surface area contributed by atoms with Crippen LogP contribution in [0.3, 0.4) is 0 Å². The van der Waals surface area contributed by atoms with Crippen molar-refractivity contribution in [1.29, 1.82) is 0 Å². The van der Waals surface area contributed by atoms with Crippen LogP contribution < -0.4 is 11.1 Å². The molecule has 2 aromatic carbocycles. The number of nitrogens with zero attached hydrogens (tertiary/aromatic N) is 2. The molecular weight excluding hydrogens is 416 g/mol. The molecule has 0 aliphatic rings. The molecule has 0 saturated heterocycles. The molecule has 1 amide bonds. The Balaban J connectivity index is 1.40. The van der Waals surface area contributed by atoms with Gasteiger partial charge in [0.25, 0.3) is 0 Å². The minimum atomic E-state index is -0.0502. The third-order valence-corrected chi connectivity index (χ3v) is 7.84. The second-order valence-electron chi connectivity index (χ2n) is 5.64. The van der Waals surface area contributed by atoms with E-state index in [2.05, 4.69) is 22.2 Å². The fourth-order valence-electron chi connectivity index (χ4n) is 2.47. The summed E-state index contributed by atoms with van der Waals surface area (Å²) >= 11 is 6.37. The summed E-state index contributed by atoms with van der Waals surface area (Å²) in [6.07, 6.45) is 0. The Morgan fingerprint density at radius 3 is 2.44 bits per heavy atom. The van der Waals surface area contributed by atoms with Crippen LogP contribution in [0.5, 0.6) is 0 Å². The number of nitrogens with two attached hydrogens (primary N) is 1. The summed E-state index contributed by atoms with van der Waals surface area (Å²) in [5.41, 5.74) is 9.20. The second-order valence-corrected chi connectivity index (χ2v) is 10.4. The van der Waals surface area contributed by atoms with Crippen molar-refractivity contribution in [1.82, 2.24) is 9.97 Å². The number of carbonyl (C=O) groups excluding carboxylic acids is 1. The molecule has 0 radical (unpaired) electrons. The van der Waals surface area contributed by atoms with E-state index in [-0.39, 0.29) is 5.91 Å². The van der Waals surface area contributed by atoms with Crippen LogP contribution in [0.2, 0.25) is 0 Å². The highest BCUT2D eigenvalue weighted by molar-refractivity contribution is 8.01. The molecule has 0 aliphatic carbocycles. The first kappa shape index (κ1) is 18.5. The van der Waals surface area contributed by atoms with E-state index in [9.17, 15) is 4.79 Å². The number of hydrogen-bond donors (Lipinski definition) is 2. The number of nitrogens with one attached hydrogen (secondary N) is 1. The van der Waals surface area contributed by atoms with Crippen molar-refractivity contribution in [3.05, 3.63) is 36.4 Å². The summed E-state index contributed by atoms with van der Waals surface area (Å²) in [6, 6.07) is 11.5. The van der Waals surface area contributed by atoms with Gasteiger partial charge in [0.2, 0.25) is 5.91 Å². The number of carbonyl (C=O) groups is 1. The number of benzene rings is 2. The van der Waals surface area contributed by atoms with Crippen molar-refractivity contribution in [2.45, 2.75) is 15.6 Å². The molecule has 0 unspecified atom stereocenters. The third kappa shape index (κ3) is 4.37. The average molecular weight is 433 g/mol. The first-order chi connectivity index (χ1) is 13.1. The number of anilines is 2. The molecule has 138 valence electrons. The maximum absolute atomic E-state index is 12.3. The molecule has 2 heterocycles. The molecule has 0 bridgehead atoms. The SMILES string of the molecule is CCSc1nc2ccc(NC(=O)CSc3nc4ccc(N)cc4s3)cc2s1. The van der Waals surface area contributed by atoms with Gasteiger partial charge in [-0.25, -0.2) is 9.97 Å². The van der Waals surface area contributed by atoms with Gasteiger partial charge in [-0.2, -0.15) is 0 Å². The Hall–Kier alpha value is -1.81. The van der Waals surface area contributed by atoms with Crippen LogP contribution in [-0.2, 0) is 4.79 Å². The van der Waals surface area contributed by atoms with Crippen LogP contribution in [0.25, 0.3) is 20.4 Å². The van der Waals surface area contributed by atoms with Gasteiger partial charge in [0.1, 0.15) is 0 Å². The lowest BCUT2D eigenvalue weighted by atomic mass is 10.3. The van der Waals surface area contributed by atoms with Crippen molar-refractivity contribution in [2.24, 2.45) is 0 Å². The average Bonchev–Trinajstić information content (AvgIpc) is 3.22. The molecule has 0 aliphatic heterocycles. The van der Waals surface area contributed by atoms with Crippen LogP contribution >= 0.6 is 46.2 Å². The maximum atomic E-state index is 12.3. The van der Waals surface area contributed by atoms with Crippen LogP contribution in [0.1, 0.15) is 6.92 Å². The van der Waals surface area contributed by atoms with E-state index >= 15 is 0 Å². The van der Waals surface area contributed by atoms with Crippen LogP contribution in [-0.4, -0.2) is 27.4 Å². The summed E-state index contributed by atoms with van der Waals surface area (Å²) in [7, 11) is 0. The van der Waals surface area contributed by atoms with Crippen molar-refractivity contribution < 1.29 is 4.79 Å². The molecule has 0 atom stereocenters. The van der Waals surface area contributed by atoms with Gasteiger partial charge < -0.3 is 11.1 Å². The van der Waals surface area contributed by atoms with Crippen molar-refractivity contribution in [3.63, 3.8) is 0 Å². The van der Waals surface area contributed by atoms with Gasteiger partial charge >= 0.3 is 0 Å². The number of thiazole rings is 2. The molecule has 5 nitrogen and oxygen atoms in total. The topological polar surface area (TPSA) is 80.9 Å². The molecule has 0 saturated carbocycles. The molecule has 4 rings (SSSR count). The van der Waals surface area contributed by atoms with Crippen molar-refractivity contribution in [3.8, 4) is 0 Å². The predicted molar refractivity (Wildman–Crippen MR) is 119 cm³/mol. The molecule has 0 spiro atoms. The van der Waals surface area contributed by atoms with E-state index in [0.717, 1.165) is 46.2 Å². The molecular formula is C18H16N4OS4. The van der Waals surface area contributed by atoms with E-state index in [0.29, 0.717) is 5.75 Å². The lowest BCUT2D eigenvalue weighted by Crippen LogP contribution is -2.13. The van der Waals surface area contributed by atoms with Gasteiger partial charge in [0.15, 0.2) is 8.68 Å². The highest BCUT2D eigenvalue weighted by Crippen LogP contribution is 2.32. The zero-order valence-corrected chi connectivity index (χ0v) is 17.7. The highest BCUT2D eigenvalue weighted by atomic mass is 32.2. The van der Waals surface area contributed by atoms with Gasteiger partial charge in [0, 0.05) is 11.4 Å². The van der Waals surface area contributed by atoms with Crippen molar-refractivity contribution >= 4 is 83.9 Å². The maximum Gasteiger partial charge on any atom is 0.234 e. The Labute approximate surface area is 172 Å². The minimum absolute atomic E-state index is 0.0502. The number of rotatable bonds is 6. The zero-order valence-electron chi connectivity index (χ0n) is 14.4. The lowest BCUT2D eigenvalue weighted by molar-refractivity contribution is -0.113. The highest BCUT2D eigenvalue weighted by Gasteiger charge is 2.10. The molecule has 3 N–H and O–H groups in total. The smallest absolute Gasteiger partial charge is 0.234 e. The van der Waals surface area contributed by atoms with Gasteiger partial charge in [0.05, 0.1) is 26.2 Å². The minimum Gasteiger partial charge on any atom is -0.399 e. The third-order valence-electron chi connectivity index (χ3n) is 3.64. The fourth-order valence-corrected chi connectivity index (χ4v) is 6.39. The summed E-state index contributed by atoms with van der Waals surface area (Å²) in [4.78, 5) is 21.4. The number of hydrogen-bond acceptors (Lipinski definition) is 8. The Bertz CT molecular complexity index is 1120. The zero-order chi connectivity index (χ0) is 18.8. The Kier molecular flexibility index (Phi) is 5.53. The van der Waals surface area contributed by atoms with Crippen LogP contribution in [0.4, 0.5) is 11.4 Å². The lowest BCUT2D eigenvalue weighted by Gasteiger charge is -2.03. The Morgan fingerprint density at radius 2 is 1.70 bits per heavy atom. The van der Waals surface area contributed by atoms with Crippen LogP contribution in [0.15, 0.2) is 45.1 Å². The van der Waals surface area contributed by atoms with E-state index in [1.165, 1.54) is 11.8 Å². The Morgan fingerprint density at radius 1 is 1.04 bits per heavy atom. The standard InChI is InChI=1S/C18H16N4OS4/c1-2-24-17-21-13-6-4-11(8-15(13)27-17)20-16(23)9-25-18-22-12-5-3-10(19)7-14(12)26-18/h3-8H,2,9,19H2,1H3,(H,20,23). The van der Waals surface area contributed by atoms with E-state index in [4.69, 9.17) is 5.73 Å². The molecule has 4 aromatic rings. The summed E-state index contributed by atoms with van der Waals surface area (Å²) in [5, 5.41) is 2.96. The first-order valence-corrected chi connectivity index (χ1v) is 11.8. The number of thioether (sulfide) groups is 2. The number of fused-ring (bicyclic) bond motifs is 2. The molecule has 27 heavy (non-hydrogen) atoms. The van der Waals surface area contributed by atoms with Gasteiger partial charge in [-0.1, -0.05) is 30.4 Å². The quantitative estimate of drug-likeness (QED) is 0.316.